The van der Waals surface area contributed by atoms with Crippen molar-refractivity contribution in [3.05, 3.63) is 36.4 Å². The zero-order valence-electron chi connectivity index (χ0n) is 31.5. The van der Waals surface area contributed by atoms with E-state index in [0.717, 1.165) is 5.39 Å². The van der Waals surface area contributed by atoms with E-state index < -0.39 is 74.3 Å². The largest absolute Gasteiger partial charge is 0.497 e. The Labute approximate surface area is 315 Å². The van der Waals surface area contributed by atoms with Gasteiger partial charge >= 0.3 is 6.09 Å². The maximum Gasteiger partial charge on any atom is 0.408 e. The Bertz CT molecular complexity index is 1930. The summed E-state index contributed by atoms with van der Waals surface area (Å²) in [5, 5.41) is 6.38. The molecule has 1 aromatic carbocycles. The lowest BCUT2D eigenvalue weighted by Gasteiger charge is -2.30. The van der Waals surface area contributed by atoms with Crippen LogP contribution in [0.25, 0.3) is 10.8 Å². The number of rotatable bonds is 8. The van der Waals surface area contributed by atoms with Crippen molar-refractivity contribution < 1.29 is 46.5 Å². The van der Waals surface area contributed by atoms with Crippen LogP contribution in [0.4, 0.5) is 10.6 Å². The van der Waals surface area contributed by atoms with Gasteiger partial charge in [-0.1, -0.05) is 12.2 Å². The Kier molecular flexibility index (Phi) is 11.0. The van der Waals surface area contributed by atoms with Gasteiger partial charge in [-0.05, 0) is 82.5 Å². The predicted octanol–water partition coefficient (Wildman–Crippen LogP) is 2.40. The molecule has 2 aliphatic carbocycles. The van der Waals surface area contributed by atoms with Crippen LogP contribution in [-0.4, -0.2) is 118 Å². The molecular weight excluding hydrogens is 721 g/mol. The van der Waals surface area contributed by atoms with Gasteiger partial charge in [-0.15, -0.1) is 0 Å². The van der Waals surface area contributed by atoms with Crippen LogP contribution in [0.1, 0.15) is 59.3 Å². The van der Waals surface area contributed by atoms with Gasteiger partial charge in [-0.3, -0.25) is 19.1 Å². The minimum absolute atomic E-state index is 0.0178. The summed E-state index contributed by atoms with van der Waals surface area (Å²) in [6.45, 7) is 5.53. The lowest BCUT2D eigenvalue weighted by atomic mass is 10.1. The Morgan fingerprint density at radius 1 is 1.13 bits per heavy atom. The van der Waals surface area contributed by atoms with E-state index in [1.165, 1.54) is 4.90 Å². The molecule has 1 saturated heterocycles. The van der Waals surface area contributed by atoms with Gasteiger partial charge in [-0.2, -0.15) is 4.98 Å². The lowest BCUT2D eigenvalue weighted by molar-refractivity contribution is -0.141. The summed E-state index contributed by atoms with van der Waals surface area (Å²) in [6, 6.07) is 5.13. The van der Waals surface area contributed by atoms with Crippen molar-refractivity contribution in [3.63, 3.8) is 0 Å². The number of carbonyl (C=O) groups excluding carboxylic acids is 4. The molecule has 2 aromatic rings. The van der Waals surface area contributed by atoms with E-state index in [1.807, 2.05) is 37.2 Å². The van der Waals surface area contributed by atoms with Crippen LogP contribution in [0.3, 0.4) is 0 Å². The molecule has 3 N–H and O–H groups in total. The molecule has 1 unspecified atom stereocenters. The zero-order chi connectivity index (χ0) is 39.0. The van der Waals surface area contributed by atoms with Crippen molar-refractivity contribution in [3.8, 4) is 11.6 Å². The smallest absolute Gasteiger partial charge is 0.408 e. The monoisotopic (exact) mass is 770 g/mol. The van der Waals surface area contributed by atoms with Gasteiger partial charge in [0.15, 0.2) is 0 Å². The highest BCUT2D eigenvalue weighted by molar-refractivity contribution is 7.91. The molecular formula is C37H50N6O10S. The number of hydrogen-bond acceptors (Lipinski definition) is 12. The van der Waals surface area contributed by atoms with E-state index in [4.69, 9.17) is 23.9 Å². The molecule has 5 atom stereocenters. The van der Waals surface area contributed by atoms with Gasteiger partial charge < -0.3 is 39.4 Å². The maximum atomic E-state index is 14.5. The molecule has 3 heterocycles. The molecule has 0 spiro atoms. The number of anilines is 1. The minimum atomic E-state index is -3.92. The second-order valence-electron chi connectivity index (χ2n) is 15.5. The highest BCUT2D eigenvalue weighted by Crippen LogP contribution is 2.46. The number of aromatic nitrogens is 1. The van der Waals surface area contributed by atoms with Crippen LogP contribution in [0.5, 0.6) is 11.6 Å². The quantitative estimate of drug-likeness (QED) is 0.333. The molecule has 16 nitrogen and oxygen atoms in total. The molecule has 294 valence electrons. The standard InChI is InChI=1S/C37H50N6O10S/c1-36(2,3)53-35(47)38-28-10-8-16-51-15-7-9-23-20-37(23,34(46)41-54(48,49)26-12-13-26)40-31(44)29-19-25(21-43(29)33(28)45)52-32-27-14-11-24(50-6)17-22(27)18-30(39-32)42(4)5/h7,9,11,14,17-18,23,25-26,28-29H,8,10,12-13,15-16,19-21H2,1-6H3,(H,38,47)(H,40,44)(H,41,46)/b9-7-/t23-,25?,28+,29+,37-/m1/s1. The van der Waals surface area contributed by atoms with Crippen molar-refractivity contribution in [2.75, 3.05) is 45.9 Å². The number of nitrogens with zero attached hydrogens (tertiary/aromatic N) is 3. The number of nitrogens with one attached hydrogen (secondary N) is 3. The second-order valence-corrected chi connectivity index (χ2v) is 17.5. The molecule has 17 heteroatoms. The minimum Gasteiger partial charge on any atom is -0.497 e. The zero-order valence-corrected chi connectivity index (χ0v) is 32.4. The van der Waals surface area contributed by atoms with Crippen LogP contribution < -0.4 is 29.7 Å². The Morgan fingerprint density at radius 3 is 2.57 bits per heavy atom. The van der Waals surface area contributed by atoms with Gasteiger partial charge in [0.05, 0.1) is 25.5 Å². The molecule has 1 aromatic heterocycles. The van der Waals surface area contributed by atoms with Gasteiger partial charge in [0.2, 0.25) is 27.7 Å². The van der Waals surface area contributed by atoms with E-state index in [1.54, 1.807) is 46.1 Å². The number of methoxy groups -OCH3 is 1. The van der Waals surface area contributed by atoms with Crippen molar-refractivity contribution in [2.24, 2.45) is 5.92 Å². The molecule has 6 rings (SSSR count). The average Bonchev–Trinajstić information content (AvgIpc) is 4.02. The van der Waals surface area contributed by atoms with Gasteiger partial charge in [0, 0.05) is 38.4 Å². The Morgan fingerprint density at radius 2 is 1.89 bits per heavy atom. The molecule has 2 saturated carbocycles. The number of sulfonamides is 1. The van der Waals surface area contributed by atoms with Crippen molar-refractivity contribution >= 4 is 50.4 Å². The van der Waals surface area contributed by atoms with Crippen LogP contribution >= 0.6 is 0 Å². The molecule has 0 bridgehead atoms. The number of benzene rings is 1. The van der Waals surface area contributed by atoms with Crippen molar-refractivity contribution in [1.82, 2.24) is 25.2 Å². The third-order valence-electron chi connectivity index (χ3n) is 9.89. The molecule has 54 heavy (non-hydrogen) atoms. The highest BCUT2D eigenvalue weighted by Gasteiger charge is 2.62. The first-order valence-corrected chi connectivity index (χ1v) is 19.8. The number of carbonyl (C=O) groups is 4. The maximum absolute atomic E-state index is 14.5. The summed E-state index contributed by atoms with van der Waals surface area (Å²) in [7, 11) is 1.35. The molecule has 2 aliphatic heterocycles. The molecule has 4 amide bonds. The summed E-state index contributed by atoms with van der Waals surface area (Å²) in [6.07, 6.45) is 3.60. The van der Waals surface area contributed by atoms with Crippen molar-refractivity contribution in [1.29, 1.82) is 0 Å². The van der Waals surface area contributed by atoms with E-state index in [0.29, 0.717) is 36.2 Å². The third-order valence-corrected chi connectivity index (χ3v) is 11.7. The van der Waals surface area contributed by atoms with Crippen LogP contribution in [-0.2, 0) is 33.9 Å². The van der Waals surface area contributed by atoms with E-state index in [9.17, 15) is 27.6 Å². The SMILES string of the molecule is COc1ccc2c(OC3C[C@H]4C(=O)N[C@]5(C(=O)NS(=O)(=O)C6CC6)C[C@H]5/C=C\COCCC[C@H](NC(=O)OC(C)(C)C)C(=O)N4C3)nc(N(C)C)cc2c1. The summed E-state index contributed by atoms with van der Waals surface area (Å²) < 4.78 is 51.0. The molecule has 4 aliphatic rings. The summed E-state index contributed by atoms with van der Waals surface area (Å²) in [5.74, 6) is -1.01. The Hall–Kier alpha value is -4.64. The first-order chi connectivity index (χ1) is 25.5. The van der Waals surface area contributed by atoms with Gasteiger partial charge in [0.25, 0.3) is 5.91 Å². The number of ether oxygens (including phenoxy) is 4. The van der Waals surface area contributed by atoms with E-state index in [2.05, 4.69) is 15.4 Å². The van der Waals surface area contributed by atoms with Crippen LogP contribution in [0.15, 0.2) is 36.4 Å². The second kappa shape index (κ2) is 15.2. The average molecular weight is 771 g/mol. The first-order valence-electron chi connectivity index (χ1n) is 18.2. The van der Waals surface area contributed by atoms with Gasteiger partial charge in [0.1, 0.15) is 40.9 Å². The fourth-order valence-electron chi connectivity index (χ4n) is 6.80. The summed E-state index contributed by atoms with van der Waals surface area (Å²) >= 11 is 0. The molecule has 0 radical (unpaired) electrons. The van der Waals surface area contributed by atoms with Crippen molar-refractivity contribution in [2.45, 2.75) is 93.9 Å². The number of alkyl carbamates (subject to hydrolysis) is 1. The number of fused-ring (bicyclic) bond motifs is 3. The van der Waals surface area contributed by atoms with Crippen LogP contribution in [0.2, 0.25) is 0 Å². The number of pyridine rings is 1. The number of amides is 4. The Balaban J connectivity index is 1.34. The summed E-state index contributed by atoms with van der Waals surface area (Å²) in [4.78, 5) is 63.5. The van der Waals surface area contributed by atoms with E-state index in [-0.39, 0.29) is 44.9 Å². The van der Waals surface area contributed by atoms with Crippen LogP contribution in [0, 0.1) is 5.92 Å². The van der Waals surface area contributed by atoms with E-state index >= 15 is 0 Å². The fraction of sp³-hybridized carbons (Fsp3) is 0.595. The first kappa shape index (κ1) is 39.1. The third kappa shape index (κ3) is 8.83. The normalized spacial score (nSPS) is 27.0. The fourth-order valence-corrected chi connectivity index (χ4v) is 8.17. The summed E-state index contributed by atoms with van der Waals surface area (Å²) in [5.41, 5.74) is -2.39. The topological polar surface area (TPSA) is 195 Å². The number of hydrogen-bond donors (Lipinski definition) is 3. The predicted molar refractivity (Wildman–Crippen MR) is 199 cm³/mol. The lowest BCUT2D eigenvalue weighted by Crippen LogP contribution is -2.58. The molecule has 3 fully saturated rings. The highest BCUT2D eigenvalue weighted by atomic mass is 32.2. The van der Waals surface area contributed by atoms with Gasteiger partial charge in [-0.25, -0.2) is 13.2 Å².